The second-order valence-corrected chi connectivity index (χ2v) is 41.0. The normalized spacial score (nSPS) is 11.5. The molecule has 0 fully saturated rings. The van der Waals surface area contributed by atoms with Crippen LogP contribution in [-0.2, 0) is 57.2 Å². The zero-order chi connectivity index (χ0) is 100. The quantitative estimate of drug-likeness (QED) is 0.0238. The third kappa shape index (κ3) is 99.3. The van der Waals surface area contributed by atoms with Crippen LogP contribution in [0, 0.1) is 0 Å². The standard InChI is InChI=1S/C39H74N2O5S.C37H70N2O5S.C35H66N2O5S/c1-6-9-12-15-18-21-24-34-45-37(42)29-25-31-41(39(44)47-35-33-40(4)5)32-26-30-38(43)46-36(27-22-19-16-13-10-7-2)28-23-20-17-14-11-8-3;1-6-9-12-15-16-17-23-32-43-35(40)27-21-18-22-29-39(37(42)45-33-31-38(4)5)30-24-28-36(41)44-34(25-19-13-10-7-2)26-20-14-11-8-3;1-6-9-12-15-16-17-20-30-41-33(38)25-21-27-37(35(40)43-31-29-36(4)5)28-22-26-34(39)42-32(23-18-13-10-7-2)24-19-14-11-8-3/h21,24,36H,6-20,22-23,25-35H2,1-5H3;17,23,34H,6-16,18-22,24-33H2,1-5H3;17,20,32H,6-16,18-19,21-31H2,1-5H3/b24-21-;23-17-;20-17-. The minimum Gasteiger partial charge on any atom is -0.462 e. The molecular formula is C111H210N6O15S3. The number of hydrogen-bond donors (Lipinski definition) is 0. The molecule has 135 heavy (non-hydrogen) atoms. The van der Waals surface area contributed by atoms with E-state index in [0.717, 1.165) is 141 Å². The van der Waals surface area contributed by atoms with E-state index in [9.17, 15) is 43.2 Å². The lowest BCUT2D eigenvalue weighted by Gasteiger charge is -2.23. The fraction of sp³-hybridized carbons (Fsp3) is 0.865. The van der Waals surface area contributed by atoms with Crippen LogP contribution in [0.15, 0.2) is 36.5 Å². The Morgan fingerprint density at radius 1 is 0.215 bits per heavy atom. The summed E-state index contributed by atoms with van der Waals surface area (Å²) in [6, 6.07) is 0. The Balaban J connectivity index is -0.00000194. The molecule has 0 aromatic rings. The van der Waals surface area contributed by atoms with E-state index >= 15 is 0 Å². The van der Waals surface area contributed by atoms with Crippen molar-refractivity contribution < 1.29 is 71.6 Å². The van der Waals surface area contributed by atoms with Gasteiger partial charge >= 0.3 is 35.8 Å². The number of carbonyl (C=O) groups is 9. The first-order valence-corrected chi connectivity index (χ1v) is 58.2. The van der Waals surface area contributed by atoms with Crippen molar-refractivity contribution in [2.24, 2.45) is 0 Å². The summed E-state index contributed by atoms with van der Waals surface area (Å²) in [6.07, 6.45) is 76.5. The van der Waals surface area contributed by atoms with Crippen molar-refractivity contribution in [2.75, 3.05) is 138 Å². The van der Waals surface area contributed by atoms with Crippen LogP contribution in [0.5, 0.6) is 0 Å². The summed E-state index contributed by atoms with van der Waals surface area (Å²) in [4.78, 5) is 126. The summed E-state index contributed by atoms with van der Waals surface area (Å²) >= 11 is 3.94. The molecule has 3 amide bonds. The smallest absolute Gasteiger partial charge is 0.306 e. The first kappa shape index (κ1) is 135. The number of ether oxygens (including phenoxy) is 6. The fourth-order valence-electron chi connectivity index (χ4n) is 15.2. The van der Waals surface area contributed by atoms with Gasteiger partial charge in [-0.1, -0.05) is 340 Å². The molecule has 21 nitrogen and oxygen atoms in total. The summed E-state index contributed by atoms with van der Waals surface area (Å²) in [5.74, 6) is 1.06. The minimum absolute atomic E-state index is 0.000633. The molecule has 0 radical (unpaired) electrons. The Labute approximate surface area is 842 Å². The topological polar surface area (TPSA) is 228 Å². The molecule has 0 unspecified atom stereocenters. The molecule has 0 atom stereocenters. The van der Waals surface area contributed by atoms with Gasteiger partial charge in [0.15, 0.2) is 0 Å². The summed E-state index contributed by atoms with van der Waals surface area (Å²) in [5.41, 5.74) is 0. The Morgan fingerprint density at radius 3 is 0.644 bits per heavy atom. The summed E-state index contributed by atoms with van der Waals surface area (Å²) in [7, 11) is 12.0. The number of thioether (sulfide) groups is 3. The van der Waals surface area contributed by atoms with Gasteiger partial charge in [0.1, 0.15) is 38.1 Å². The molecule has 0 aromatic heterocycles. The van der Waals surface area contributed by atoms with Crippen LogP contribution < -0.4 is 0 Å². The number of esters is 6. The molecule has 0 spiro atoms. The predicted octanol–water partition coefficient (Wildman–Crippen LogP) is 29.9. The van der Waals surface area contributed by atoms with Crippen LogP contribution in [0.1, 0.15) is 467 Å². The van der Waals surface area contributed by atoms with Crippen LogP contribution in [0.2, 0.25) is 0 Å². The first-order chi connectivity index (χ1) is 65.5. The Morgan fingerprint density at radius 2 is 0.407 bits per heavy atom. The second kappa shape index (κ2) is 105. The van der Waals surface area contributed by atoms with Crippen molar-refractivity contribution in [1.82, 2.24) is 29.4 Å². The largest absolute Gasteiger partial charge is 0.462 e. The zero-order valence-corrected chi connectivity index (χ0v) is 92.3. The lowest BCUT2D eigenvalue weighted by Crippen LogP contribution is -2.31. The molecule has 0 saturated carbocycles. The maximum absolute atomic E-state index is 13.0. The lowest BCUT2D eigenvalue weighted by molar-refractivity contribution is -0.151. The summed E-state index contributed by atoms with van der Waals surface area (Å²) in [5, 5.41) is 0.0683. The lowest BCUT2D eigenvalue weighted by atomic mass is 10.0. The first-order valence-electron chi connectivity index (χ1n) is 55.2. The van der Waals surface area contributed by atoms with Gasteiger partial charge in [0.2, 0.25) is 0 Å². The van der Waals surface area contributed by atoms with Gasteiger partial charge in [0.05, 0.1) is 0 Å². The fourth-order valence-corrected chi connectivity index (χ4v) is 18.2. The average Bonchev–Trinajstić information content (AvgIpc) is 0.950. The molecule has 0 heterocycles. The van der Waals surface area contributed by atoms with Crippen LogP contribution in [-0.4, -0.2) is 238 Å². The summed E-state index contributed by atoms with van der Waals surface area (Å²) in [6.45, 7) is 26.4. The maximum Gasteiger partial charge on any atom is 0.306 e. The van der Waals surface area contributed by atoms with Crippen LogP contribution in [0.25, 0.3) is 0 Å². The van der Waals surface area contributed by atoms with Crippen molar-refractivity contribution in [3.63, 3.8) is 0 Å². The highest BCUT2D eigenvalue weighted by Crippen LogP contribution is 2.24. The monoisotopic (exact) mass is 1960 g/mol. The third-order valence-corrected chi connectivity index (χ3v) is 26.5. The van der Waals surface area contributed by atoms with Gasteiger partial charge in [-0.05, 0) is 203 Å². The van der Waals surface area contributed by atoms with Gasteiger partial charge in [-0.25, -0.2) is 0 Å². The molecule has 0 rings (SSSR count). The van der Waals surface area contributed by atoms with E-state index in [4.69, 9.17) is 28.4 Å². The molecule has 0 bridgehead atoms. The van der Waals surface area contributed by atoms with E-state index in [2.05, 4.69) is 95.2 Å². The van der Waals surface area contributed by atoms with E-state index in [1.165, 1.54) is 254 Å². The molecule has 0 aromatic carbocycles. The SMILES string of the molecule is CCCCCC/C=C\COC(=O)CCCCCN(CCCC(=O)OC(CCCCCC)CCCCCC)C(=O)SCCN(C)C.CCCCCC/C=C\COC(=O)CCCN(CCCC(=O)OC(CCCCCC)CCCCCC)C(=O)SCCN(C)C.CCCCCC/C=C\COC(=O)CCCN(CCCC(=O)OC(CCCCCCCC)CCCCCCCC)C(=O)SCCN(C)C. The van der Waals surface area contributed by atoms with Gasteiger partial charge in [-0.15, -0.1) is 0 Å². The number of allylic oxidation sites excluding steroid dienone is 3. The number of rotatable bonds is 93. The van der Waals surface area contributed by atoms with Gasteiger partial charge in [0.25, 0.3) is 15.7 Å². The third-order valence-electron chi connectivity index (χ3n) is 23.8. The molecule has 0 aliphatic rings. The van der Waals surface area contributed by atoms with Crippen molar-refractivity contribution >= 4 is 86.8 Å². The van der Waals surface area contributed by atoms with E-state index in [-0.39, 0.29) is 82.7 Å². The Hall–Kier alpha value is -4.62. The zero-order valence-electron chi connectivity index (χ0n) is 89.9. The number of hydrogen-bond acceptors (Lipinski definition) is 21. The van der Waals surface area contributed by atoms with Crippen molar-refractivity contribution in [3.05, 3.63) is 36.5 Å². The van der Waals surface area contributed by atoms with E-state index < -0.39 is 0 Å². The van der Waals surface area contributed by atoms with Crippen LogP contribution in [0.3, 0.4) is 0 Å². The van der Waals surface area contributed by atoms with Crippen molar-refractivity contribution in [1.29, 1.82) is 0 Å². The van der Waals surface area contributed by atoms with Crippen molar-refractivity contribution in [2.45, 2.75) is 485 Å². The molecule has 0 N–H and O–H groups in total. The summed E-state index contributed by atoms with van der Waals surface area (Å²) < 4.78 is 33.9. The second-order valence-electron chi connectivity index (χ2n) is 37.9. The van der Waals surface area contributed by atoms with E-state index in [1.54, 1.807) is 9.80 Å². The van der Waals surface area contributed by atoms with Gasteiger partial charge in [0, 0.05) is 115 Å². The average molecular weight is 1970 g/mol. The van der Waals surface area contributed by atoms with Crippen LogP contribution >= 0.6 is 35.3 Å². The van der Waals surface area contributed by atoms with Crippen molar-refractivity contribution in [3.8, 4) is 0 Å². The Kier molecular flexibility index (Phi) is 105. The minimum atomic E-state index is -0.240. The molecule has 0 aliphatic carbocycles. The van der Waals surface area contributed by atoms with Gasteiger partial charge in [-0.2, -0.15) is 0 Å². The van der Waals surface area contributed by atoms with E-state index in [0.29, 0.717) is 128 Å². The van der Waals surface area contributed by atoms with Gasteiger partial charge < -0.3 is 57.8 Å². The number of unbranched alkanes of at least 4 members (excludes halogenated alkanes) is 36. The molecule has 24 heteroatoms. The number of nitrogens with zero attached hydrogens (tertiary/aromatic N) is 6. The highest BCUT2D eigenvalue weighted by Gasteiger charge is 2.23. The highest BCUT2D eigenvalue weighted by atomic mass is 32.2. The molecular weight excluding hydrogens is 1750 g/mol. The van der Waals surface area contributed by atoms with Gasteiger partial charge in [-0.3, -0.25) is 43.2 Å². The number of amides is 3. The Bertz CT molecular complexity index is 2780. The molecule has 0 aliphatic heterocycles. The highest BCUT2D eigenvalue weighted by molar-refractivity contribution is 8.14. The van der Waals surface area contributed by atoms with Crippen LogP contribution in [0.4, 0.5) is 14.4 Å². The predicted molar refractivity (Wildman–Crippen MR) is 576 cm³/mol. The number of carbonyl (C=O) groups excluding carboxylic acids is 9. The van der Waals surface area contributed by atoms with E-state index in [1.807, 2.05) is 65.4 Å². The molecule has 792 valence electrons. The molecule has 0 saturated heterocycles. The maximum atomic E-state index is 13.0.